The number of halogens is 3. The Balaban J connectivity index is 2.82. The minimum absolute atomic E-state index is 0.210. The van der Waals surface area contributed by atoms with Gasteiger partial charge in [0.1, 0.15) is 5.82 Å². The highest BCUT2D eigenvalue weighted by Crippen LogP contribution is 2.35. The minimum Gasteiger partial charge on any atom is -0.207 e. The molecule has 0 radical (unpaired) electrons. The van der Waals surface area contributed by atoms with Gasteiger partial charge in [0.15, 0.2) is 0 Å². The third kappa shape index (κ3) is 3.74. The fourth-order valence-corrected chi connectivity index (χ4v) is 2.61. The summed E-state index contributed by atoms with van der Waals surface area (Å²) in [4.78, 5) is 0.210. The van der Waals surface area contributed by atoms with Crippen molar-refractivity contribution >= 4 is 27.5 Å². The zero-order valence-corrected chi connectivity index (χ0v) is 12.2. The fraction of sp³-hybridized carbons (Fsp3) is 0.538. The van der Waals surface area contributed by atoms with Gasteiger partial charge in [0.25, 0.3) is 0 Å². The van der Waals surface area contributed by atoms with E-state index in [1.54, 1.807) is 6.92 Å². The largest absolute Gasteiger partial charge is 0.207 e. The van der Waals surface area contributed by atoms with E-state index in [1.165, 1.54) is 6.07 Å². The fourth-order valence-electron chi connectivity index (χ4n) is 1.55. The molecule has 1 atom stereocenters. The Morgan fingerprint density at radius 3 is 2.50 bits per heavy atom. The predicted molar refractivity (Wildman–Crippen MR) is 71.9 cm³/mol. The van der Waals surface area contributed by atoms with Crippen molar-refractivity contribution in [3.05, 3.63) is 34.1 Å². The zero-order valence-electron chi connectivity index (χ0n) is 9.86. The van der Waals surface area contributed by atoms with Crippen LogP contribution in [-0.2, 0) is 0 Å². The number of hydrogen-bond donors (Lipinski definition) is 0. The van der Waals surface area contributed by atoms with E-state index in [2.05, 4.69) is 29.8 Å². The topological polar surface area (TPSA) is 0 Å². The minimum atomic E-state index is -0.239. The number of benzene rings is 1. The van der Waals surface area contributed by atoms with Gasteiger partial charge >= 0.3 is 0 Å². The van der Waals surface area contributed by atoms with Gasteiger partial charge < -0.3 is 0 Å². The molecule has 1 unspecified atom stereocenters. The van der Waals surface area contributed by atoms with Crippen molar-refractivity contribution in [3.8, 4) is 0 Å². The summed E-state index contributed by atoms with van der Waals surface area (Å²) >= 11 is 9.66. The summed E-state index contributed by atoms with van der Waals surface area (Å²) in [5, 5.41) is 0.508. The summed E-state index contributed by atoms with van der Waals surface area (Å²) in [6.07, 6.45) is 2.14. The van der Waals surface area contributed by atoms with Crippen LogP contribution in [0.5, 0.6) is 0 Å². The standard InChI is InChI=1S/C13H17BrClF/c1-8(2)4-5-11(14)10-6-9(3)13(16)7-12(10)15/h6-8,11H,4-5H2,1-3H3. The molecule has 0 saturated carbocycles. The summed E-state index contributed by atoms with van der Waals surface area (Å²) in [6.45, 7) is 6.14. The molecule has 0 bridgehead atoms. The average Bonchev–Trinajstić information content (AvgIpc) is 2.20. The molecule has 0 aromatic heterocycles. The van der Waals surface area contributed by atoms with Gasteiger partial charge in [0.2, 0.25) is 0 Å². The molecule has 1 rings (SSSR count). The first kappa shape index (κ1) is 14.0. The van der Waals surface area contributed by atoms with Crippen LogP contribution in [0.25, 0.3) is 0 Å². The molecule has 0 heterocycles. The van der Waals surface area contributed by atoms with Crippen LogP contribution in [0.1, 0.15) is 42.6 Å². The van der Waals surface area contributed by atoms with Crippen LogP contribution in [0.3, 0.4) is 0 Å². The van der Waals surface area contributed by atoms with E-state index in [-0.39, 0.29) is 10.6 Å². The summed E-state index contributed by atoms with van der Waals surface area (Å²) in [7, 11) is 0. The van der Waals surface area contributed by atoms with Crippen molar-refractivity contribution in [1.82, 2.24) is 0 Å². The summed E-state index contributed by atoms with van der Waals surface area (Å²) in [5.74, 6) is 0.428. The van der Waals surface area contributed by atoms with Crippen molar-refractivity contribution in [1.29, 1.82) is 0 Å². The van der Waals surface area contributed by atoms with Crippen molar-refractivity contribution in [2.45, 2.75) is 38.4 Å². The first-order chi connectivity index (χ1) is 7.41. The number of rotatable bonds is 4. The van der Waals surface area contributed by atoms with Crippen LogP contribution in [0, 0.1) is 18.7 Å². The number of aryl methyl sites for hydroxylation is 1. The monoisotopic (exact) mass is 306 g/mol. The van der Waals surface area contributed by atoms with Gasteiger partial charge in [-0.3, -0.25) is 0 Å². The molecule has 1 aromatic carbocycles. The van der Waals surface area contributed by atoms with E-state index in [4.69, 9.17) is 11.6 Å². The highest BCUT2D eigenvalue weighted by Gasteiger charge is 2.14. The Bertz CT molecular complexity index is 363. The van der Waals surface area contributed by atoms with Crippen LogP contribution in [0.4, 0.5) is 4.39 Å². The summed E-state index contributed by atoms with van der Waals surface area (Å²) in [5.41, 5.74) is 1.63. The maximum atomic E-state index is 13.2. The normalized spacial score (nSPS) is 13.2. The predicted octanol–water partition coefficient (Wildman–Crippen LogP) is 5.66. The molecule has 0 nitrogen and oxygen atoms in total. The van der Waals surface area contributed by atoms with Crippen LogP contribution in [0.2, 0.25) is 5.02 Å². The Morgan fingerprint density at radius 1 is 1.31 bits per heavy atom. The smallest absolute Gasteiger partial charge is 0.127 e. The van der Waals surface area contributed by atoms with Gasteiger partial charge in [0.05, 0.1) is 0 Å². The second-order valence-electron chi connectivity index (χ2n) is 4.56. The van der Waals surface area contributed by atoms with E-state index in [0.29, 0.717) is 16.5 Å². The third-order valence-corrected chi connectivity index (χ3v) is 3.89. The van der Waals surface area contributed by atoms with E-state index in [9.17, 15) is 4.39 Å². The Hall–Kier alpha value is -0.0800. The van der Waals surface area contributed by atoms with E-state index in [1.807, 2.05) is 6.07 Å². The molecule has 0 fully saturated rings. The van der Waals surface area contributed by atoms with Crippen molar-refractivity contribution in [2.75, 3.05) is 0 Å². The lowest BCUT2D eigenvalue weighted by molar-refractivity contribution is 0.553. The molecule has 0 N–H and O–H groups in total. The van der Waals surface area contributed by atoms with Crippen molar-refractivity contribution in [3.63, 3.8) is 0 Å². The van der Waals surface area contributed by atoms with Crippen LogP contribution < -0.4 is 0 Å². The molecule has 0 saturated heterocycles. The van der Waals surface area contributed by atoms with E-state index in [0.717, 1.165) is 18.4 Å². The lowest BCUT2D eigenvalue weighted by atomic mass is 10.0. The SMILES string of the molecule is Cc1cc(C(Br)CCC(C)C)c(Cl)cc1F. The Labute approximate surface area is 110 Å². The summed E-state index contributed by atoms with van der Waals surface area (Å²) < 4.78 is 13.2. The maximum absolute atomic E-state index is 13.2. The first-order valence-electron chi connectivity index (χ1n) is 5.51. The lowest BCUT2D eigenvalue weighted by Crippen LogP contribution is -1.97. The third-order valence-electron chi connectivity index (χ3n) is 2.61. The zero-order chi connectivity index (χ0) is 12.3. The molecule has 16 heavy (non-hydrogen) atoms. The lowest BCUT2D eigenvalue weighted by Gasteiger charge is -2.14. The first-order valence-corrected chi connectivity index (χ1v) is 6.80. The number of alkyl halides is 1. The molecule has 0 aliphatic heterocycles. The Morgan fingerprint density at radius 2 is 1.94 bits per heavy atom. The highest BCUT2D eigenvalue weighted by molar-refractivity contribution is 9.09. The summed E-state index contributed by atoms with van der Waals surface area (Å²) in [6, 6.07) is 3.23. The second kappa shape index (κ2) is 6.02. The van der Waals surface area contributed by atoms with Gasteiger partial charge in [-0.05, 0) is 42.9 Å². The van der Waals surface area contributed by atoms with Gasteiger partial charge in [-0.2, -0.15) is 0 Å². The van der Waals surface area contributed by atoms with E-state index >= 15 is 0 Å². The quantitative estimate of drug-likeness (QED) is 0.630. The molecule has 0 spiro atoms. The van der Waals surface area contributed by atoms with Crippen LogP contribution >= 0.6 is 27.5 Å². The Kier molecular flexibility index (Phi) is 5.26. The van der Waals surface area contributed by atoms with E-state index < -0.39 is 0 Å². The second-order valence-corrected chi connectivity index (χ2v) is 6.07. The molecular weight excluding hydrogens is 290 g/mol. The van der Waals surface area contributed by atoms with Gasteiger partial charge in [-0.25, -0.2) is 4.39 Å². The van der Waals surface area contributed by atoms with Crippen molar-refractivity contribution < 1.29 is 4.39 Å². The molecular formula is C13H17BrClF. The number of hydrogen-bond acceptors (Lipinski definition) is 0. The highest BCUT2D eigenvalue weighted by atomic mass is 79.9. The van der Waals surface area contributed by atoms with Gasteiger partial charge in [-0.15, -0.1) is 0 Å². The maximum Gasteiger partial charge on any atom is 0.127 e. The molecule has 1 aromatic rings. The molecule has 0 amide bonds. The van der Waals surface area contributed by atoms with Gasteiger partial charge in [-0.1, -0.05) is 47.4 Å². The van der Waals surface area contributed by atoms with Crippen LogP contribution in [-0.4, -0.2) is 0 Å². The van der Waals surface area contributed by atoms with Gasteiger partial charge in [0, 0.05) is 9.85 Å². The molecule has 0 aliphatic rings. The molecule has 3 heteroatoms. The molecule has 0 aliphatic carbocycles. The molecule has 90 valence electrons. The van der Waals surface area contributed by atoms with Crippen LogP contribution in [0.15, 0.2) is 12.1 Å². The average molecular weight is 308 g/mol. The van der Waals surface area contributed by atoms with Crippen molar-refractivity contribution in [2.24, 2.45) is 5.92 Å².